The Bertz CT molecular complexity index is 603. The van der Waals surface area contributed by atoms with Gasteiger partial charge in [0.1, 0.15) is 5.82 Å². The SMILES string of the molecule is Nc1ccc(CS(=O)c2cccc(Cl)c2)c(F)c1. The number of nitrogen functional groups attached to an aromatic ring is 1. The van der Waals surface area contributed by atoms with Crippen LogP contribution in [0.25, 0.3) is 0 Å². The average molecular weight is 284 g/mol. The van der Waals surface area contributed by atoms with Gasteiger partial charge in [0.05, 0.1) is 16.6 Å². The Balaban J connectivity index is 2.21. The highest BCUT2D eigenvalue weighted by Gasteiger charge is 2.09. The molecule has 0 radical (unpaired) electrons. The molecule has 0 fully saturated rings. The summed E-state index contributed by atoms with van der Waals surface area (Å²) in [5.41, 5.74) is 6.18. The van der Waals surface area contributed by atoms with E-state index in [1.54, 1.807) is 36.4 Å². The summed E-state index contributed by atoms with van der Waals surface area (Å²) in [7, 11) is -1.33. The van der Waals surface area contributed by atoms with Crippen molar-refractivity contribution in [3.05, 3.63) is 58.9 Å². The molecule has 0 aromatic heterocycles. The first-order chi connectivity index (χ1) is 8.56. The van der Waals surface area contributed by atoms with Crippen LogP contribution in [0.1, 0.15) is 5.56 Å². The van der Waals surface area contributed by atoms with E-state index in [2.05, 4.69) is 0 Å². The predicted octanol–water partition coefficient (Wildman–Crippen LogP) is 3.37. The molecule has 1 atom stereocenters. The van der Waals surface area contributed by atoms with Gasteiger partial charge in [0.15, 0.2) is 0 Å². The fourth-order valence-corrected chi connectivity index (χ4v) is 2.94. The molecule has 0 saturated heterocycles. The second-order valence-corrected chi connectivity index (χ2v) is 5.69. The standard InChI is InChI=1S/C13H11ClFNOS/c14-10-2-1-3-12(6-10)18(17)8-9-4-5-11(16)7-13(9)15/h1-7H,8,16H2. The minimum atomic E-state index is -1.33. The van der Waals surface area contributed by atoms with Crippen molar-refractivity contribution < 1.29 is 8.60 Å². The topological polar surface area (TPSA) is 43.1 Å². The van der Waals surface area contributed by atoms with Crippen LogP contribution in [0.4, 0.5) is 10.1 Å². The molecule has 2 aromatic rings. The van der Waals surface area contributed by atoms with E-state index >= 15 is 0 Å². The van der Waals surface area contributed by atoms with Gasteiger partial charge in [-0.15, -0.1) is 0 Å². The third kappa shape index (κ3) is 3.09. The summed E-state index contributed by atoms with van der Waals surface area (Å²) in [6, 6.07) is 11.1. The highest BCUT2D eigenvalue weighted by atomic mass is 35.5. The number of hydrogen-bond donors (Lipinski definition) is 1. The van der Waals surface area contributed by atoms with Gasteiger partial charge < -0.3 is 5.73 Å². The molecule has 2 nitrogen and oxygen atoms in total. The molecule has 0 aliphatic carbocycles. The second-order valence-electron chi connectivity index (χ2n) is 3.80. The van der Waals surface area contributed by atoms with Crippen molar-refractivity contribution in [2.45, 2.75) is 10.6 Å². The van der Waals surface area contributed by atoms with Crippen LogP contribution in [0.15, 0.2) is 47.4 Å². The lowest BCUT2D eigenvalue weighted by atomic mass is 10.2. The number of hydrogen-bond acceptors (Lipinski definition) is 2. The van der Waals surface area contributed by atoms with Crippen LogP contribution in [0, 0.1) is 5.82 Å². The van der Waals surface area contributed by atoms with Crippen molar-refractivity contribution >= 4 is 28.1 Å². The maximum atomic E-state index is 13.6. The molecule has 2 rings (SSSR count). The molecule has 0 aliphatic heterocycles. The smallest absolute Gasteiger partial charge is 0.129 e. The fraction of sp³-hybridized carbons (Fsp3) is 0.0769. The maximum absolute atomic E-state index is 13.6. The highest BCUT2D eigenvalue weighted by molar-refractivity contribution is 7.84. The summed E-state index contributed by atoms with van der Waals surface area (Å²) in [5, 5.41) is 0.513. The van der Waals surface area contributed by atoms with Gasteiger partial charge in [0, 0.05) is 21.2 Å². The first-order valence-corrected chi connectivity index (χ1v) is 6.94. The van der Waals surface area contributed by atoms with Crippen molar-refractivity contribution in [3.63, 3.8) is 0 Å². The Morgan fingerprint density at radius 3 is 2.67 bits per heavy atom. The van der Waals surface area contributed by atoms with Crippen LogP contribution >= 0.6 is 11.6 Å². The van der Waals surface area contributed by atoms with E-state index in [1.807, 2.05) is 0 Å². The monoisotopic (exact) mass is 283 g/mol. The highest BCUT2D eigenvalue weighted by Crippen LogP contribution is 2.19. The minimum absolute atomic E-state index is 0.104. The Kier molecular flexibility index (Phi) is 3.99. The average Bonchev–Trinajstić information content (AvgIpc) is 2.32. The molecule has 18 heavy (non-hydrogen) atoms. The summed E-state index contributed by atoms with van der Waals surface area (Å²) in [5.74, 6) is -0.336. The summed E-state index contributed by atoms with van der Waals surface area (Å²) in [6.07, 6.45) is 0. The summed E-state index contributed by atoms with van der Waals surface area (Å²) < 4.78 is 25.6. The molecule has 1 unspecified atom stereocenters. The van der Waals surface area contributed by atoms with Crippen LogP contribution in [-0.4, -0.2) is 4.21 Å². The van der Waals surface area contributed by atoms with Gasteiger partial charge in [-0.1, -0.05) is 23.7 Å². The largest absolute Gasteiger partial charge is 0.399 e. The zero-order chi connectivity index (χ0) is 13.1. The Morgan fingerprint density at radius 1 is 1.22 bits per heavy atom. The third-order valence-electron chi connectivity index (χ3n) is 2.42. The lowest BCUT2D eigenvalue weighted by Gasteiger charge is -2.05. The van der Waals surface area contributed by atoms with E-state index < -0.39 is 16.6 Å². The Labute approximate surface area is 112 Å². The van der Waals surface area contributed by atoms with Crippen molar-refractivity contribution in [2.75, 3.05) is 5.73 Å². The Morgan fingerprint density at radius 2 is 2.00 bits per heavy atom. The quantitative estimate of drug-likeness (QED) is 0.878. The lowest BCUT2D eigenvalue weighted by molar-refractivity contribution is 0.616. The van der Waals surface area contributed by atoms with Crippen LogP contribution in [0.3, 0.4) is 0 Å². The molecule has 0 heterocycles. The molecule has 2 aromatic carbocycles. The van der Waals surface area contributed by atoms with Gasteiger partial charge in [0.2, 0.25) is 0 Å². The van der Waals surface area contributed by atoms with Crippen LogP contribution in [-0.2, 0) is 16.6 Å². The van der Waals surface area contributed by atoms with E-state index in [9.17, 15) is 8.60 Å². The second kappa shape index (κ2) is 5.50. The van der Waals surface area contributed by atoms with E-state index in [1.165, 1.54) is 6.07 Å². The maximum Gasteiger partial charge on any atom is 0.129 e. The molecule has 5 heteroatoms. The zero-order valence-corrected chi connectivity index (χ0v) is 11.0. The van der Waals surface area contributed by atoms with Gasteiger partial charge >= 0.3 is 0 Å². The molecule has 94 valence electrons. The number of rotatable bonds is 3. The number of nitrogens with two attached hydrogens (primary N) is 1. The third-order valence-corrected chi connectivity index (χ3v) is 4.01. The van der Waals surface area contributed by atoms with Crippen LogP contribution in [0.2, 0.25) is 5.02 Å². The van der Waals surface area contributed by atoms with Crippen molar-refractivity contribution in [3.8, 4) is 0 Å². The van der Waals surface area contributed by atoms with E-state index in [4.69, 9.17) is 17.3 Å². The molecular formula is C13H11ClFNOS. The van der Waals surface area contributed by atoms with Crippen molar-refractivity contribution in [1.82, 2.24) is 0 Å². The van der Waals surface area contributed by atoms with E-state index in [0.717, 1.165) is 0 Å². The van der Waals surface area contributed by atoms with E-state index in [-0.39, 0.29) is 5.75 Å². The summed E-state index contributed by atoms with van der Waals surface area (Å²) in [6.45, 7) is 0. The molecule has 0 saturated carbocycles. The number of halogens is 2. The number of benzene rings is 2. The van der Waals surface area contributed by atoms with Crippen molar-refractivity contribution in [2.24, 2.45) is 0 Å². The molecule has 0 aliphatic rings. The van der Waals surface area contributed by atoms with Gasteiger partial charge in [0.25, 0.3) is 0 Å². The van der Waals surface area contributed by atoms with Crippen molar-refractivity contribution in [1.29, 1.82) is 0 Å². The van der Waals surface area contributed by atoms with Crippen LogP contribution < -0.4 is 5.73 Å². The number of anilines is 1. The van der Waals surface area contributed by atoms with Gasteiger partial charge in [-0.3, -0.25) is 4.21 Å². The summed E-state index contributed by atoms with van der Waals surface area (Å²) in [4.78, 5) is 0.582. The zero-order valence-electron chi connectivity index (χ0n) is 9.40. The first-order valence-electron chi connectivity index (χ1n) is 5.24. The fourth-order valence-electron chi connectivity index (χ4n) is 1.51. The molecule has 0 spiro atoms. The minimum Gasteiger partial charge on any atom is -0.399 e. The van der Waals surface area contributed by atoms with Gasteiger partial charge in [-0.25, -0.2) is 4.39 Å². The Hall–Kier alpha value is -1.39. The van der Waals surface area contributed by atoms with Gasteiger partial charge in [-0.2, -0.15) is 0 Å². The summed E-state index contributed by atoms with van der Waals surface area (Å²) >= 11 is 5.82. The predicted molar refractivity (Wildman–Crippen MR) is 72.4 cm³/mol. The van der Waals surface area contributed by atoms with Crippen LogP contribution in [0.5, 0.6) is 0 Å². The van der Waals surface area contributed by atoms with E-state index in [0.29, 0.717) is 21.2 Å². The normalized spacial score (nSPS) is 12.3. The molecular weight excluding hydrogens is 273 g/mol. The molecule has 2 N–H and O–H groups in total. The molecule has 0 amide bonds. The lowest BCUT2D eigenvalue weighted by Crippen LogP contribution is -2.00. The van der Waals surface area contributed by atoms with Gasteiger partial charge in [-0.05, 0) is 30.3 Å². The first kappa shape index (κ1) is 13.1. The molecule has 0 bridgehead atoms.